The van der Waals surface area contributed by atoms with Crippen molar-refractivity contribution in [3.05, 3.63) is 22.7 Å². The van der Waals surface area contributed by atoms with Gasteiger partial charge in [-0.2, -0.15) is 0 Å². The first-order valence-electron chi connectivity index (χ1n) is 13.6. The van der Waals surface area contributed by atoms with Gasteiger partial charge in [0, 0.05) is 12.2 Å². The van der Waals surface area contributed by atoms with Crippen molar-refractivity contribution in [1.29, 1.82) is 0 Å². The molecule has 4 nitrogen and oxygen atoms in total. The van der Waals surface area contributed by atoms with Crippen LogP contribution in [0.25, 0.3) is 0 Å². The van der Waals surface area contributed by atoms with E-state index in [1.54, 1.807) is 19.1 Å². The summed E-state index contributed by atoms with van der Waals surface area (Å²) < 4.78 is 0. The predicted molar refractivity (Wildman–Crippen MR) is 144 cm³/mol. The van der Waals surface area contributed by atoms with Gasteiger partial charge in [0.1, 0.15) is 5.75 Å². The Morgan fingerprint density at radius 1 is 0.758 bits per heavy atom. The molecule has 1 aromatic rings. The zero-order valence-corrected chi connectivity index (χ0v) is 22.1. The van der Waals surface area contributed by atoms with Crippen LogP contribution in [0.3, 0.4) is 0 Å². The number of aromatic hydroxyl groups is 1. The number of halogens is 1. The Morgan fingerprint density at radius 3 is 1.61 bits per heavy atom. The molecule has 0 saturated heterocycles. The third kappa shape index (κ3) is 15.9. The Hall–Kier alpha value is -1.42. The first-order chi connectivity index (χ1) is 16.0. The molecular weight excluding hydrogens is 432 g/mol. The Morgan fingerprint density at radius 2 is 1.18 bits per heavy atom. The Bertz CT molecular complexity index is 613. The average molecular weight is 481 g/mol. The minimum Gasteiger partial charge on any atom is -0.506 e. The molecule has 0 heterocycles. The van der Waals surface area contributed by atoms with E-state index < -0.39 is 0 Å². The number of carbonyl (C=O) groups excluding carboxylic acids is 1. The zero-order valence-electron chi connectivity index (χ0n) is 21.3. The second kappa shape index (κ2) is 20.0. The van der Waals surface area contributed by atoms with Crippen LogP contribution in [-0.2, 0) is 0 Å². The molecule has 0 fully saturated rings. The molecule has 0 atom stereocenters. The Balaban J connectivity index is 1.83. The molecule has 0 aliphatic rings. The zero-order chi connectivity index (χ0) is 24.2. The maximum Gasteiger partial charge on any atom is 0.319 e. The number of aryl methyl sites for hydroxylation is 1. The van der Waals surface area contributed by atoms with Gasteiger partial charge in [-0.15, -0.1) is 0 Å². The van der Waals surface area contributed by atoms with Crippen LogP contribution in [0.4, 0.5) is 10.5 Å². The standard InChI is InChI=1S/C28H49ClN2O2/c1-3-4-5-6-7-8-9-10-11-12-13-14-15-16-17-18-19-20-21-30-28(33)31-25-22-24(2)27(32)26(29)23-25/h22-23,32H,3-21H2,1-2H3,(H2,30,31,33). The van der Waals surface area contributed by atoms with Gasteiger partial charge in [-0.3, -0.25) is 0 Å². The minimum absolute atomic E-state index is 0.0569. The van der Waals surface area contributed by atoms with Crippen LogP contribution in [-0.4, -0.2) is 17.7 Å². The molecule has 3 N–H and O–H groups in total. The largest absolute Gasteiger partial charge is 0.506 e. The Kier molecular flexibility index (Phi) is 17.9. The van der Waals surface area contributed by atoms with E-state index in [-0.39, 0.29) is 16.8 Å². The fraction of sp³-hybridized carbons (Fsp3) is 0.750. The summed E-state index contributed by atoms with van der Waals surface area (Å²) in [6, 6.07) is 3.03. The van der Waals surface area contributed by atoms with Gasteiger partial charge in [0.2, 0.25) is 0 Å². The van der Waals surface area contributed by atoms with Crippen molar-refractivity contribution in [3.8, 4) is 5.75 Å². The maximum absolute atomic E-state index is 12.0. The number of benzene rings is 1. The number of rotatable bonds is 20. The third-order valence-electron chi connectivity index (χ3n) is 6.33. The summed E-state index contributed by atoms with van der Waals surface area (Å²) >= 11 is 5.94. The highest BCUT2D eigenvalue weighted by molar-refractivity contribution is 6.32. The maximum atomic E-state index is 12.0. The van der Waals surface area contributed by atoms with Gasteiger partial charge in [0.05, 0.1) is 5.02 Å². The molecule has 0 unspecified atom stereocenters. The van der Waals surface area contributed by atoms with Crippen molar-refractivity contribution in [2.24, 2.45) is 0 Å². The number of hydrogen-bond donors (Lipinski definition) is 3. The number of nitrogens with one attached hydrogen (secondary N) is 2. The van der Waals surface area contributed by atoms with Gasteiger partial charge in [-0.05, 0) is 31.0 Å². The second-order valence-electron chi connectivity index (χ2n) is 9.51. The molecule has 33 heavy (non-hydrogen) atoms. The van der Waals surface area contributed by atoms with Crippen LogP contribution in [0, 0.1) is 6.92 Å². The van der Waals surface area contributed by atoms with Crippen LogP contribution < -0.4 is 10.6 Å². The SMILES string of the molecule is CCCCCCCCCCCCCCCCCCCCNC(=O)Nc1cc(C)c(O)c(Cl)c1. The molecule has 0 aliphatic heterocycles. The molecule has 0 aliphatic carbocycles. The highest BCUT2D eigenvalue weighted by Crippen LogP contribution is 2.30. The van der Waals surface area contributed by atoms with Gasteiger partial charge in [0.25, 0.3) is 0 Å². The highest BCUT2D eigenvalue weighted by Gasteiger charge is 2.07. The van der Waals surface area contributed by atoms with Crippen LogP contribution >= 0.6 is 11.6 Å². The summed E-state index contributed by atoms with van der Waals surface area (Å²) in [6.07, 6.45) is 24.4. The first kappa shape index (κ1) is 29.6. The molecule has 0 aromatic heterocycles. The van der Waals surface area contributed by atoms with Gasteiger partial charge >= 0.3 is 6.03 Å². The first-order valence-corrected chi connectivity index (χ1v) is 14.0. The van der Waals surface area contributed by atoms with E-state index in [4.69, 9.17) is 11.6 Å². The van der Waals surface area contributed by atoms with Gasteiger partial charge in [0.15, 0.2) is 0 Å². The number of hydrogen-bond acceptors (Lipinski definition) is 2. The molecule has 2 amide bonds. The fourth-order valence-electron chi connectivity index (χ4n) is 4.21. The predicted octanol–water partition coefficient (Wildman–Crippen LogP) is 9.52. The van der Waals surface area contributed by atoms with Crippen molar-refractivity contribution in [2.75, 3.05) is 11.9 Å². The van der Waals surface area contributed by atoms with Crippen LogP contribution in [0.15, 0.2) is 12.1 Å². The van der Waals surface area contributed by atoms with E-state index >= 15 is 0 Å². The number of phenolic OH excluding ortho intramolecular Hbond substituents is 1. The lowest BCUT2D eigenvalue weighted by molar-refractivity contribution is 0.252. The monoisotopic (exact) mass is 480 g/mol. The summed E-state index contributed by atoms with van der Waals surface area (Å²) in [5.74, 6) is 0.0569. The van der Waals surface area contributed by atoms with Crippen molar-refractivity contribution < 1.29 is 9.90 Å². The lowest BCUT2D eigenvalue weighted by Gasteiger charge is -2.10. The number of anilines is 1. The molecule has 0 spiro atoms. The molecule has 0 radical (unpaired) electrons. The smallest absolute Gasteiger partial charge is 0.319 e. The lowest BCUT2D eigenvalue weighted by Crippen LogP contribution is -2.29. The third-order valence-corrected chi connectivity index (χ3v) is 6.62. The second-order valence-corrected chi connectivity index (χ2v) is 9.92. The van der Waals surface area contributed by atoms with E-state index in [2.05, 4.69) is 17.6 Å². The molecule has 190 valence electrons. The van der Waals surface area contributed by atoms with E-state index in [1.165, 1.54) is 103 Å². The summed E-state index contributed by atoms with van der Waals surface area (Å²) in [5, 5.41) is 15.6. The molecule has 1 rings (SSSR count). The number of urea groups is 1. The van der Waals surface area contributed by atoms with E-state index in [0.717, 1.165) is 12.8 Å². The molecule has 1 aromatic carbocycles. The quantitative estimate of drug-likeness (QED) is 0.128. The van der Waals surface area contributed by atoms with Crippen molar-refractivity contribution in [3.63, 3.8) is 0 Å². The normalized spacial score (nSPS) is 11.0. The summed E-state index contributed by atoms with van der Waals surface area (Å²) in [4.78, 5) is 12.0. The lowest BCUT2D eigenvalue weighted by atomic mass is 10.0. The van der Waals surface area contributed by atoms with Crippen molar-refractivity contribution in [1.82, 2.24) is 5.32 Å². The molecule has 5 heteroatoms. The topological polar surface area (TPSA) is 61.4 Å². The summed E-state index contributed by atoms with van der Waals surface area (Å²) in [7, 11) is 0. The van der Waals surface area contributed by atoms with Gasteiger partial charge in [-0.25, -0.2) is 4.79 Å². The molecule has 0 bridgehead atoms. The minimum atomic E-state index is -0.233. The van der Waals surface area contributed by atoms with Crippen molar-refractivity contribution >= 4 is 23.3 Å². The number of carbonyl (C=O) groups is 1. The fourth-order valence-corrected chi connectivity index (χ4v) is 4.48. The highest BCUT2D eigenvalue weighted by atomic mass is 35.5. The van der Waals surface area contributed by atoms with E-state index in [1.807, 2.05) is 0 Å². The number of phenols is 1. The molecular formula is C28H49ClN2O2. The van der Waals surface area contributed by atoms with E-state index in [0.29, 0.717) is 17.8 Å². The number of amides is 2. The van der Waals surface area contributed by atoms with Gasteiger partial charge < -0.3 is 15.7 Å². The van der Waals surface area contributed by atoms with Crippen LogP contribution in [0.2, 0.25) is 5.02 Å². The average Bonchev–Trinajstić information content (AvgIpc) is 2.79. The summed E-state index contributed by atoms with van der Waals surface area (Å²) in [6.45, 7) is 4.71. The number of unbranched alkanes of at least 4 members (excludes halogenated alkanes) is 17. The van der Waals surface area contributed by atoms with Crippen LogP contribution in [0.1, 0.15) is 128 Å². The summed E-state index contributed by atoms with van der Waals surface area (Å²) in [5.41, 5.74) is 1.23. The van der Waals surface area contributed by atoms with Crippen LogP contribution in [0.5, 0.6) is 5.75 Å². The molecule has 0 saturated carbocycles. The van der Waals surface area contributed by atoms with E-state index in [9.17, 15) is 9.90 Å². The van der Waals surface area contributed by atoms with Gasteiger partial charge in [-0.1, -0.05) is 128 Å². The Labute approximate surface area is 208 Å². The van der Waals surface area contributed by atoms with Crippen molar-refractivity contribution in [2.45, 2.75) is 129 Å².